The van der Waals surface area contributed by atoms with Crippen molar-refractivity contribution < 1.29 is 19.4 Å². The molecule has 1 amide bonds. The molecule has 0 radical (unpaired) electrons. The number of rotatable bonds is 7. The monoisotopic (exact) mass is 423 g/mol. The number of halogens is 2. The summed E-state index contributed by atoms with van der Waals surface area (Å²) in [5, 5.41) is 9.94. The quantitative estimate of drug-likeness (QED) is 0.623. The predicted octanol–water partition coefficient (Wildman–Crippen LogP) is 5.17. The number of phenols is 1. The summed E-state index contributed by atoms with van der Waals surface area (Å²) < 4.78 is 11.3. The molecule has 3 rings (SSSR count). The predicted molar refractivity (Wildman–Crippen MR) is 110 cm³/mol. The molecule has 0 bridgehead atoms. The van der Waals surface area contributed by atoms with Crippen LogP contribution in [0.15, 0.2) is 36.4 Å². The Morgan fingerprint density at radius 2 is 1.57 bits per heavy atom. The molecule has 0 unspecified atom stereocenters. The lowest BCUT2D eigenvalue weighted by Crippen LogP contribution is -2.35. The molecular weight excluding hydrogens is 401 g/mol. The van der Waals surface area contributed by atoms with E-state index in [1.807, 2.05) is 17.0 Å². The number of carbonyl (C=O) groups is 1. The fourth-order valence-corrected chi connectivity index (χ4v) is 3.67. The molecule has 0 atom stereocenters. The second kappa shape index (κ2) is 9.89. The molecule has 0 aliphatic carbocycles. The van der Waals surface area contributed by atoms with Gasteiger partial charge in [0.15, 0.2) is 5.75 Å². The highest BCUT2D eigenvalue weighted by molar-refractivity contribution is 6.37. The highest BCUT2D eigenvalue weighted by atomic mass is 35.5. The van der Waals surface area contributed by atoms with Gasteiger partial charge in [0.25, 0.3) is 5.91 Å². The van der Waals surface area contributed by atoms with Gasteiger partial charge < -0.3 is 19.5 Å². The van der Waals surface area contributed by atoms with Crippen molar-refractivity contribution in [3.8, 4) is 17.2 Å². The van der Waals surface area contributed by atoms with Crippen molar-refractivity contribution >= 4 is 29.1 Å². The standard InChI is InChI=1S/C21H23Cl2NO4/c22-18-13-16(25)14-19(23)20(18)28-12-4-11-27-17-7-5-15(6-8-17)21(26)24-9-2-1-3-10-24/h5-8,13-14,25H,1-4,9-12H2. The van der Waals surface area contributed by atoms with E-state index in [4.69, 9.17) is 32.7 Å². The number of piperidine rings is 1. The average molecular weight is 424 g/mol. The molecule has 1 fully saturated rings. The van der Waals surface area contributed by atoms with E-state index < -0.39 is 0 Å². The fourth-order valence-electron chi connectivity index (χ4n) is 3.08. The van der Waals surface area contributed by atoms with E-state index in [9.17, 15) is 9.90 Å². The van der Waals surface area contributed by atoms with Crippen molar-refractivity contribution in [3.63, 3.8) is 0 Å². The summed E-state index contributed by atoms with van der Waals surface area (Å²) in [7, 11) is 0. The lowest BCUT2D eigenvalue weighted by Gasteiger charge is -2.26. The lowest BCUT2D eigenvalue weighted by molar-refractivity contribution is 0.0724. The van der Waals surface area contributed by atoms with Crippen LogP contribution in [0.25, 0.3) is 0 Å². The van der Waals surface area contributed by atoms with E-state index in [0.29, 0.717) is 36.7 Å². The summed E-state index contributed by atoms with van der Waals surface area (Å²) in [5.41, 5.74) is 0.689. The van der Waals surface area contributed by atoms with Crippen molar-refractivity contribution in [1.29, 1.82) is 0 Å². The number of amides is 1. The highest BCUT2D eigenvalue weighted by Gasteiger charge is 2.17. The van der Waals surface area contributed by atoms with E-state index >= 15 is 0 Å². The van der Waals surface area contributed by atoms with Gasteiger partial charge in [-0.2, -0.15) is 0 Å². The summed E-state index contributed by atoms with van der Waals surface area (Å²) >= 11 is 12.0. The Hall–Kier alpha value is -2.11. The topological polar surface area (TPSA) is 59.0 Å². The van der Waals surface area contributed by atoms with Crippen LogP contribution in [0, 0.1) is 0 Å². The van der Waals surface area contributed by atoms with Crippen LogP contribution in [0.2, 0.25) is 10.0 Å². The van der Waals surface area contributed by atoms with E-state index in [0.717, 1.165) is 25.9 Å². The van der Waals surface area contributed by atoms with Crippen LogP contribution in [0.1, 0.15) is 36.0 Å². The zero-order valence-electron chi connectivity index (χ0n) is 15.5. The molecule has 1 aliphatic rings. The third kappa shape index (κ3) is 5.46. The van der Waals surface area contributed by atoms with E-state index in [-0.39, 0.29) is 21.7 Å². The second-order valence-corrected chi connectivity index (χ2v) is 7.48. The number of likely N-dealkylation sites (tertiary alicyclic amines) is 1. The summed E-state index contributed by atoms with van der Waals surface area (Å²) in [6.45, 7) is 2.50. The van der Waals surface area contributed by atoms with Gasteiger partial charge in [0.05, 0.1) is 23.3 Å². The molecule has 7 heteroatoms. The van der Waals surface area contributed by atoms with Crippen molar-refractivity contribution in [1.82, 2.24) is 4.90 Å². The first-order valence-corrected chi connectivity index (χ1v) is 10.1. The van der Waals surface area contributed by atoms with Gasteiger partial charge in [0.2, 0.25) is 0 Å². The number of benzene rings is 2. The molecular formula is C21H23Cl2NO4. The van der Waals surface area contributed by atoms with Crippen LogP contribution in [0.3, 0.4) is 0 Å². The summed E-state index contributed by atoms with van der Waals surface area (Å²) in [6, 6.07) is 9.99. The second-order valence-electron chi connectivity index (χ2n) is 6.67. The Bertz CT molecular complexity index is 782. The van der Waals surface area contributed by atoms with Crippen LogP contribution >= 0.6 is 23.2 Å². The van der Waals surface area contributed by atoms with Crippen LogP contribution < -0.4 is 9.47 Å². The van der Waals surface area contributed by atoms with Gasteiger partial charge in [0, 0.05) is 37.2 Å². The maximum Gasteiger partial charge on any atom is 0.253 e. The lowest BCUT2D eigenvalue weighted by atomic mass is 10.1. The fraction of sp³-hybridized carbons (Fsp3) is 0.381. The van der Waals surface area contributed by atoms with E-state index in [1.54, 1.807) is 12.1 Å². The van der Waals surface area contributed by atoms with Crippen molar-refractivity contribution in [2.75, 3.05) is 26.3 Å². The van der Waals surface area contributed by atoms with Crippen LogP contribution in [-0.2, 0) is 0 Å². The Kier molecular flexibility index (Phi) is 7.29. The van der Waals surface area contributed by atoms with Gasteiger partial charge in [-0.15, -0.1) is 0 Å². The zero-order valence-corrected chi connectivity index (χ0v) is 17.0. The Labute approximate surface area is 174 Å². The molecule has 1 aliphatic heterocycles. The van der Waals surface area contributed by atoms with E-state index in [2.05, 4.69) is 0 Å². The van der Waals surface area contributed by atoms with Crippen LogP contribution in [0.4, 0.5) is 0 Å². The first kappa shape index (κ1) is 20.6. The molecule has 150 valence electrons. The third-order valence-corrected chi connectivity index (χ3v) is 5.09. The molecule has 5 nitrogen and oxygen atoms in total. The van der Waals surface area contributed by atoms with Gasteiger partial charge in [-0.1, -0.05) is 23.2 Å². The van der Waals surface area contributed by atoms with E-state index in [1.165, 1.54) is 18.6 Å². The zero-order chi connectivity index (χ0) is 19.9. The summed E-state index contributed by atoms with van der Waals surface area (Å²) in [6.07, 6.45) is 3.98. The first-order valence-electron chi connectivity index (χ1n) is 9.37. The molecule has 1 heterocycles. The minimum atomic E-state index is -0.00658. The van der Waals surface area contributed by atoms with Crippen LogP contribution in [-0.4, -0.2) is 42.2 Å². The molecule has 0 aromatic heterocycles. The summed E-state index contributed by atoms with van der Waals surface area (Å²) in [4.78, 5) is 14.4. The van der Waals surface area contributed by atoms with Crippen molar-refractivity contribution in [2.24, 2.45) is 0 Å². The number of aromatic hydroxyl groups is 1. The number of nitrogens with zero attached hydrogens (tertiary/aromatic N) is 1. The van der Waals surface area contributed by atoms with Gasteiger partial charge in [0.1, 0.15) is 11.5 Å². The Morgan fingerprint density at radius 1 is 0.964 bits per heavy atom. The highest BCUT2D eigenvalue weighted by Crippen LogP contribution is 2.36. The number of ether oxygens (including phenoxy) is 2. The number of phenolic OH excluding ortho intramolecular Hbond substituents is 1. The first-order chi connectivity index (χ1) is 13.5. The van der Waals surface area contributed by atoms with Gasteiger partial charge >= 0.3 is 0 Å². The Morgan fingerprint density at radius 3 is 2.21 bits per heavy atom. The molecule has 28 heavy (non-hydrogen) atoms. The Balaban J connectivity index is 1.42. The molecule has 2 aromatic carbocycles. The maximum atomic E-state index is 12.5. The molecule has 1 saturated heterocycles. The molecule has 0 spiro atoms. The van der Waals surface area contributed by atoms with Crippen molar-refractivity contribution in [2.45, 2.75) is 25.7 Å². The molecule has 1 N–H and O–H groups in total. The van der Waals surface area contributed by atoms with Gasteiger partial charge in [-0.3, -0.25) is 4.79 Å². The largest absolute Gasteiger partial charge is 0.508 e. The third-order valence-electron chi connectivity index (χ3n) is 4.53. The number of hydrogen-bond donors (Lipinski definition) is 1. The number of hydrogen-bond acceptors (Lipinski definition) is 4. The van der Waals surface area contributed by atoms with Gasteiger partial charge in [-0.05, 0) is 43.5 Å². The smallest absolute Gasteiger partial charge is 0.253 e. The van der Waals surface area contributed by atoms with Crippen LogP contribution in [0.5, 0.6) is 17.2 Å². The minimum absolute atomic E-state index is 0.00658. The maximum absolute atomic E-state index is 12.5. The molecule has 0 saturated carbocycles. The minimum Gasteiger partial charge on any atom is -0.508 e. The SMILES string of the molecule is O=C(c1ccc(OCCCOc2c(Cl)cc(O)cc2Cl)cc1)N1CCCCC1. The van der Waals surface area contributed by atoms with Crippen molar-refractivity contribution in [3.05, 3.63) is 52.0 Å². The number of carbonyl (C=O) groups excluding carboxylic acids is 1. The average Bonchev–Trinajstić information content (AvgIpc) is 2.70. The molecule has 2 aromatic rings. The summed E-state index contributed by atoms with van der Waals surface area (Å²) in [5.74, 6) is 1.13. The van der Waals surface area contributed by atoms with Gasteiger partial charge in [-0.25, -0.2) is 0 Å². The normalized spacial score (nSPS) is 14.0.